The number of fused-ring (bicyclic) bond motifs is 1. The van der Waals surface area contributed by atoms with E-state index in [1.54, 1.807) is 41.0 Å². The third-order valence-electron chi connectivity index (χ3n) is 3.88. The second-order valence-electron chi connectivity index (χ2n) is 5.39. The number of nitrogens with zero attached hydrogens (tertiary/aromatic N) is 4. The zero-order chi connectivity index (χ0) is 16.4. The van der Waals surface area contributed by atoms with Gasteiger partial charge in [0.1, 0.15) is 11.9 Å². The van der Waals surface area contributed by atoms with E-state index in [-0.39, 0.29) is 12.5 Å². The van der Waals surface area contributed by atoms with Crippen molar-refractivity contribution >= 4 is 11.7 Å². The maximum atomic E-state index is 12.6. The Morgan fingerprint density at radius 3 is 3.00 bits per heavy atom. The van der Waals surface area contributed by atoms with Crippen molar-refractivity contribution in [2.75, 3.05) is 25.5 Å². The van der Waals surface area contributed by atoms with Gasteiger partial charge >= 0.3 is 0 Å². The van der Waals surface area contributed by atoms with Crippen molar-refractivity contribution in [3.05, 3.63) is 41.3 Å². The number of hydrogen-bond donors (Lipinski definition) is 3. The molecule has 0 saturated carbocycles. The number of anilines is 1. The quantitative estimate of drug-likeness (QED) is 0.733. The summed E-state index contributed by atoms with van der Waals surface area (Å²) in [6.07, 6.45) is 0.610. The Kier molecular flexibility index (Phi) is 4.26. The molecule has 3 rings (SSSR count). The average Bonchev–Trinajstić information content (AvgIpc) is 3.03. The first kappa shape index (κ1) is 15.4. The first-order valence-corrected chi connectivity index (χ1v) is 7.41. The second kappa shape index (κ2) is 6.35. The topological polar surface area (TPSA) is 104 Å². The number of aliphatic hydroxyl groups excluding tert-OH is 2. The molecule has 0 fully saturated rings. The van der Waals surface area contributed by atoms with Gasteiger partial charge in [-0.1, -0.05) is 0 Å². The van der Waals surface area contributed by atoms with Gasteiger partial charge in [0.2, 0.25) is 0 Å². The Hall–Kier alpha value is -2.45. The fourth-order valence-electron chi connectivity index (χ4n) is 2.60. The van der Waals surface area contributed by atoms with Crippen LogP contribution in [-0.4, -0.2) is 56.0 Å². The summed E-state index contributed by atoms with van der Waals surface area (Å²) in [6.45, 7) is 1.15. The van der Waals surface area contributed by atoms with Gasteiger partial charge in [-0.2, -0.15) is 5.10 Å². The van der Waals surface area contributed by atoms with Gasteiger partial charge < -0.3 is 20.4 Å². The molecule has 0 bridgehead atoms. The van der Waals surface area contributed by atoms with Crippen molar-refractivity contribution in [2.45, 2.75) is 19.2 Å². The summed E-state index contributed by atoms with van der Waals surface area (Å²) in [4.78, 5) is 18.5. The van der Waals surface area contributed by atoms with Crippen LogP contribution in [0.25, 0.3) is 0 Å². The lowest BCUT2D eigenvalue weighted by Crippen LogP contribution is -2.38. The summed E-state index contributed by atoms with van der Waals surface area (Å²) in [5, 5.41) is 25.9. The molecule has 8 nitrogen and oxygen atoms in total. The van der Waals surface area contributed by atoms with Crippen LogP contribution in [0, 0.1) is 0 Å². The van der Waals surface area contributed by atoms with Crippen LogP contribution in [-0.2, 0) is 13.1 Å². The highest BCUT2D eigenvalue weighted by molar-refractivity contribution is 5.94. The van der Waals surface area contributed by atoms with E-state index in [9.17, 15) is 9.90 Å². The summed E-state index contributed by atoms with van der Waals surface area (Å²) < 4.78 is 1.77. The maximum Gasteiger partial charge on any atom is 0.254 e. The van der Waals surface area contributed by atoms with Gasteiger partial charge in [-0.15, -0.1) is 0 Å². The molecule has 3 N–H and O–H groups in total. The van der Waals surface area contributed by atoms with Crippen LogP contribution in [0.4, 0.5) is 5.82 Å². The number of nitrogens with one attached hydrogen (secondary N) is 1. The van der Waals surface area contributed by atoms with Crippen LogP contribution in [0.15, 0.2) is 24.4 Å². The Bertz CT molecular complexity index is 715. The van der Waals surface area contributed by atoms with Crippen LogP contribution in [0.1, 0.15) is 27.8 Å². The normalized spacial score (nSPS) is 15.2. The Balaban J connectivity index is 1.78. The van der Waals surface area contributed by atoms with E-state index < -0.39 is 6.10 Å². The Labute approximate surface area is 133 Å². The lowest BCUT2D eigenvalue weighted by atomic mass is 10.2. The first-order chi connectivity index (χ1) is 11.1. The molecule has 8 heteroatoms. The molecule has 0 unspecified atom stereocenters. The highest BCUT2D eigenvalue weighted by Crippen LogP contribution is 2.20. The number of carbonyl (C=O) groups is 1. The second-order valence-corrected chi connectivity index (χ2v) is 5.39. The van der Waals surface area contributed by atoms with Crippen LogP contribution < -0.4 is 5.32 Å². The standard InChI is InChI=1S/C15H19N5O3/c1-16-14-6-10(2-3-17-14)15(23)19-4-5-20-11(8-19)7-12(18-20)13(22)9-21/h2-3,6-7,13,21-22H,4-5,8-9H2,1H3,(H,16,17)/t13-/m1/s1. The molecule has 3 heterocycles. The fraction of sp³-hybridized carbons (Fsp3) is 0.400. The summed E-state index contributed by atoms with van der Waals surface area (Å²) >= 11 is 0. The van der Waals surface area contributed by atoms with Gasteiger partial charge in [-0.05, 0) is 18.2 Å². The molecule has 2 aromatic heterocycles. The number of carbonyl (C=O) groups excluding carboxylic acids is 1. The minimum Gasteiger partial charge on any atom is -0.393 e. The molecule has 1 atom stereocenters. The molecule has 23 heavy (non-hydrogen) atoms. The molecule has 0 aliphatic carbocycles. The molecule has 0 radical (unpaired) electrons. The fourth-order valence-corrected chi connectivity index (χ4v) is 2.60. The van der Waals surface area contributed by atoms with E-state index in [2.05, 4.69) is 15.4 Å². The molecule has 0 saturated heterocycles. The van der Waals surface area contributed by atoms with Gasteiger partial charge in [0.25, 0.3) is 5.91 Å². The Morgan fingerprint density at radius 2 is 2.26 bits per heavy atom. The summed E-state index contributed by atoms with van der Waals surface area (Å²) in [7, 11) is 1.75. The SMILES string of the molecule is CNc1cc(C(=O)N2CCn3nc([C@H](O)CO)cc3C2)ccn1. The number of rotatable bonds is 4. The van der Waals surface area contributed by atoms with Crippen molar-refractivity contribution in [3.8, 4) is 0 Å². The lowest BCUT2D eigenvalue weighted by Gasteiger charge is -2.27. The van der Waals surface area contributed by atoms with Crippen molar-refractivity contribution in [1.29, 1.82) is 0 Å². The van der Waals surface area contributed by atoms with Crippen LogP contribution in [0.5, 0.6) is 0 Å². The van der Waals surface area contributed by atoms with Crippen molar-refractivity contribution in [2.24, 2.45) is 0 Å². The zero-order valence-corrected chi connectivity index (χ0v) is 12.8. The van der Waals surface area contributed by atoms with Gasteiger partial charge in [0.15, 0.2) is 0 Å². The molecule has 1 aliphatic heterocycles. The predicted octanol–water partition coefficient (Wildman–Crippen LogP) is 0.00150. The molecule has 0 aromatic carbocycles. The van der Waals surface area contributed by atoms with Crippen molar-refractivity contribution in [3.63, 3.8) is 0 Å². The van der Waals surface area contributed by atoms with E-state index in [1.807, 2.05) is 0 Å². The average molecular weight is 317 g/mol. The number of amides is 1. The van der Waals surface area contributed by atoms with Gasteiger partial charge in [-0.25, -0.2) is 4.98 Å². The molecular weight excluding hydrogens is 298 g/mol. The van der Waals surface area contributed by atoms with E-state index in [0.29, 0.717) is 36.7 Å². The maximum absolute atomic E-state index is 12.6. The molecule has 0 spiro atoms. The monoisotopic (exact) mass is 317 g/mol. The molecule has 122 valence electrons. The lowest BCUT2D eigenvalue weighted by molar-refractivity contribution is 0.0704. The van der Waals surface area contributed by atoms with E-state index in [1.165, 1.54) is 0 Å². The highest BCUT2D eigenvalue weighted by Gasteiger charge is 2.24. The van der Waals surface area contributed by atoms with Crippen LogP contribution >= 0.6 is 0 Å². The van der Waals surface area contributed by atoms with E-state index in [4.69, 9.17) is 5.11 Å². The van der Waals surface area contributed by atoms with Crippen molar-refractivity contribution in [1.82, 2.24) is 19.7 Å². The zero-order valence-electron chi connectivity index (χ0n) is 12.8. The van der Waals surface area contributed by atoms with E-state index in [0.717, 1.165) is 5.69 Å². The molecular formula is C15H19N5O3. The van der Waals surface area contributed by atoms with E-state index >= 15 is 0 Å². The summed E-state index contributed by atoms with van der Waals surface area (Å²) in [6, 6.07) is 5.14. The number of aliphatic hydroxyl groups is 2. The summed E-state index contributed by atoms with van der Waals surface area (Å²) in [5.74, 6) is 0.576. The number of pyridine rings is 1. The smallest absolute Gasteiger partial charge is 0.254 e. The van der Waals surface area contributed by atoms with Crippen molar-refractivity contribution < 1.29 is 15.0 Å². The van der Waals surface area contributed by atoms with Gasteiger partial charge in [-0.3, -0.25) is 9.48 Å². The molecule has 1 amide bonds. The third kappa shape index (κ3) is 3.03. The Morgan fingerprint density at radius 1 is 1.43 bits per heavy atom. The summed E-state index contributed by atoms with van der Waals surface area (Å²) in [5.41, 5.74) is 1.85. The molecule has 2 aromatic rings. The van der Waals surface area contributed by atoms with Gasteiger partial charge in [0.05, 0.1) is 31.1 Å². The van der Waals surface area contributed by atoms with Crippen LogP contribution in [0.3, 0.4) is 0 Å². The first-order valence-electron chi connectivity index (χ1n) is 7.41. The minimum absolute atomic E-state index is 0.0689. The minimum atomic E-state index is -0.990. The largest absolute Gasteiger partial charge is 0.393 e. The van der Waals surface area contributed by atoms with Gasteiger partial charge in [0, 0.05) is 25.4 Å². The predicted molar refractivity (Wildman–Crippen MR) is 82.8 cm³/mol. The van der Waals surface area contributed by atoms with Crippen LogP contribution in [0.2, 0.25) is 0 Å². The third-order valence-corrected chi connectivity index (χ3v) is 3.88. The highest BCUT2D eigenvalue weighted by atomic mass is 16.3. The molecule has 1 aliphatic rings. The number of aromatic nitrogens is 3. The number of hydrogen-bond acceptors (Lipinski definition) is 6.